The Morgan fingerprint density at radius 2 is 2.14 bits per heavy atom. The fourth-order valence-corrected chi connectivity index (χ4v) is 1.73. The van der Waals surface area contributed by atoms with Crippen molar-refractivity contribution in [1.29, 1.82) is 0 Å². The average Bonchev–Trinajstić information content (AvgIpc) is 2.18. The van der Waals surface area contributed by atoms with Gasteiger partial charge in [0, 0.05) is 12.2 Å². The van der Waals surface area contributed by atoms with Crippen molar-refractivity contribution in [3.8, 4) is 0 Å². The number of hydrogen-bond donors (Lipinski definition) is 1. The van der Waals surface area contributed by atoms with Crippen LogP contribution in [0.25, 0.3) is 0 Å². The van der Waals surface area contributed by atoms with E-state index >= 15 is 0 Å². The van der Waals surface area contributed by atoms with Crippen molar-refractivity contribution in [1.82, 2.24) is 4.90 Å². The number of allylic oxidation sites excluding steroid dienone is 3. The Kier molecular flexibility index (Phi) is 3.47. The van der Waals surface area contributed by atoms with E-state index in [1.807, 2.05) is 32.9 Å². The lowest BCUT2D eigenvalue weighted by Crippen LogP contribution is -2.34. The molecular weight excluding hydrogens is 178 g/mol. The Bertz CT molecular complexity index is 292. The third-order valence-corrected chi connectivity index (χ3v) is 2.35. The van der Waals surface area contributed by atoms with Gasteiger partial charge in [-0.15, -0.1) is 0 Å². The highest BCUT2D eigenvalue weighted by Crippen LogP contribution is 2.18. The van der Waals surface area contributed by atoms with Crippen LogP contribution < -0.4 is 0 Å². The third kappa shape index (κ3) is 2.23. The van der Waals surface area contributed by atoms with Crippen molar-refractivity contribution in [2.75, 3.05) is 13.2 Å². The van der Waals surface area contributed by atoms with Gasteiger partial charge >= 0.3 is 0 Å². The summed E-state index contributed by atoms with van der Waals surface area (Å²) in [4.78, 5) is 13.5. The van der Waals surface area contributed by atoms with Crippen LogP contribution in [-0.4, -0.2) is 29.1 Å². The first-order valence-corrected chi connectivity index (χ1v) is 4.85. The van der Waals surface area contributed by atoms with Gasteiger partial charge in [0.1, 0.15) is 0 Å². The van der Waals surface area contributed by atoms with Gasteiger partial charge in [0.15, 0.2) is 0 Å². The third-order valence-electron chi connectivity index (χ3n) is 2.35. The van der Waals surface area contributed by atoms with Crippen LogP contribution in [0.4, 0.5) is 0 Å². The molecule has 0 aromatic carbocycles. The monoisotopic (exact) mass is 195 g/mol. The van der Waals surface area contributed by atoms with Gasteiger partial charge in [-0.05, 0) is 19.9 Å². The fraction of sp³-hybridized carbons (Fsp3) is 0.545. The van der Waals surface area contributed by atoms with Crippen LogP contribution in [0.3, 0.4) is 0 Å². The molecule has 1 aliphatic heterocycles. The van der Waals surface area contributed by atoms with Gasteiger partial charge in [-0.3, -0.25) is 4.79 Å². The first-order chi connectivity index (χ1) is 6.56. The molecule has 1 heterocycles. The van der Waals surface area contributed by atoms with Crippen LogP contribution in [0.2, 0.25) is 0 Å². The van der Waals surface area contributed by atoms with Crippen LogP contribution >= 0.6 is 0 Å². The van der Waals surface area contributed by atoms with E-state index in [1.54, 1.807) is 4.90 Å². The van der Waals surface area contributed by atoms with Crippen LogP contribution in [0.15, 0.2) is 23.4 Å². The van der Waals surface area contributed by atoms with E-state index in [4.69, 9.17) is 5.11 Å². The maximum absolute atomic E-state index is 11.8. The fourth-order valence-electron chi connectivity index (χ4n) is 1.73. The van der Waals surface area contributed by atoms with E-state index in [0.717, 1.165) is 11.3 Å². The molecule has 0 aromatic heterocycles. The molecule has 0 saturated carbocycles. The quantitative estimate of drug-likeness (QED) is 0.721. The van der Waals surface area contributed by atoms with E-state index in [0.29, 0.717) is 6.54 Å². The topological polar surface area (TPSA) is 40.5 Å². The van der Waals surface area contributed by atoms with Gasteiger partial charge in [0.05, 0.1) is 12.5 Å². The highest BCUT2D eigenvalue weighted by atomic mass is 16.3. The molecule has 0 aliphatic carbocycles. The van der Waals surface area contributed by atoms with Gasteiger partial charge in [-0.25, -0.2) is 0 Å². The molecule has 0 unspecified atom stereocenters. The number of amides is 1. The van der Waals surface area contributed by atoms with Crippen molar-refractivity contribution in [3.63, 3.8) is 0 Å². The summed E-state index contributed by atoms with van der Waals surface area (Å²) in [6.07, 6.45) is 3.92. The highest BCUT2D eigenvalue weighted by molar-refractivity contribution is 5.82. The second-order valence-corrected chi connectivity index (χ2v) is 3.70. The molecule has 78 valence electrons. The van der Waals surface area contributed by atoms with E-state index in [1.165, 1.54) is 0 Å². The smallest absolute Gasteiger partial charge is 0.233 e. The molecule has 1 rings (SSSR count). The van der Waals surface area contributed by atoms with Crippen molar-refractivity contribution in [2.24, 2.45) is 5.92 Å². The predicted octanol–water partition coefficient (Wildman–Crippen LogP) is 1.31. The standard InChI is InChI=1S/C11H17NO2/c1-8-6-9(2)11(14)12(4-5-13)10(3)7-8/h6-7,9,13H,4-5H2,1-3H3/t9-/m0/s1. The van der Waals surface area contributed by atoms with Crippen LogP contribution in [-0.2, 0) is 4.79 Å². The molecule has 0 aromatic rings. The zero-order chi connectivity index (χ0) is 10.7. The maximum atomic E-state index is 11.8. The van der Waals surface area contributed by atoms with Gasteiger partial charge < -0.3 is 10.0 Å². The van der Waals surface area contributed by atoms with E-state index in [2.05, 4.69) is 0 Å². The van der Waals surface area contributed by atoms with Gasteiger partial charge in [0.25, 0.3) is 0 Å². The normalized spacial score (nSPS) is 23.0. The number of aliphatic hydroxyl groups is 1. The summed E-state index contributed by atoms with van der Waals surface area (Å²) in [7, 11) is 0. The first kappa shape index (κ1) is 11.0. The molecule has 0 saturated heterocycles. The number of aliphatic hydroxyl groups excluding tert-OH is 1. The zero-order valence-electron chi connectivity index (χ0n) is 8.95. The molecule has 1 amide bonds. The Morgan fingerprint density at radius 1 is 1.50 bits per heavy atom. The van der Waals surface area contributed by atoms with Crippen molar-refractivity contribution in [2.45, 2.75) is 20.8 Å². The molecule has 0 radical (unpaired) electrons. The van der Waals surface area contributed by atoms with Crippen molar-refractivity contribution in [3.05, 3.63) is 23.4 Å². The van der Waals surface area contributed by atoms with Crippen LogP contribution in [0, 0.1) is 5.92 Å². The van der Waals surface area contributed by atoms with Crippen molar-refractivity contribution < 1.29 is 9.90 Å². The molecule has 1 N–H and O–H groups in total. The Morgan fingerprint density at radius 3 is 2.71 bits per heavy atom. The van der Waals surface area contributed by atoms with E-state index in [9.17, 15) is 4.79 Å². The minimum absolute atomic E-state index is 0.00267. The summed E-state index contributed by atoms with van der Waals surface area (Å²) in [5.74, 6) is -0.0418. The second kappa shape index (κ2) is 4.42. The van der Waals surface area contributed by atoms with Crippen molar-refractivity contribution >= 4 is 5.91 Å². The first-order valence-electron chi connectivity index (χ1n) is 4.85. The SMILES string of the molecule is CC1=C[C@H](C)C(=O)N(CCO)C(C)=C1. The minimum atomic E-state index is -0.102. The van der Waals surface area contributed by atoms with Crippen LogP contribution in [0.5, 0.6) is 0 Å². The number of carbonyl (C=O) groups excluding carboxylic acids is 1. The number of carbonyl (C=O) groups is 1. The average molecular weight is 195 g/mol. The second-order valence-electron chi connectivity index (χ2n) is 3.70. The Balaban J connectivity index is 2.96. The zero-order valence-corrected chi connectivity index (χ0v) is 8.95. The molecule has 14 heavy (non-hydrogen) atoms. The molecule has 0 fully saturated rings. The maximum Gasteiger partial charge on any atom is 0.233 e. The van der Waals surface area contributed by atoms with Crippen LogP contribution in [0.1, 0.15) is 20.8 Å². The molecular formula is C11H17NO2. The van der Waals surface area contributed by atoms with E-state index < -0.39 is 0 Å². The molecule has 0 bridgehead atoms. The highest BCUT2D eigenvalue weighted by Gasteiger charge is 2.21. The Hall–Kier alpha value is -1.09. The number of β-amino-alcohol motifs (C(OH)–C–C–N with tert-alkyl or cyclic N) is 1. The predicted molar refractivity (Wildman–Crippen MR) is 55.5 cm³/mol. The lowest BCUT2D eigenvalue weighted by Gasteiger charge is -2.23. The Labute approximate surface area is 84.7 Å². The summed E-state index contributed by atoms with van der Waals surface area (Å²) in [6, 6.07) is 0. The molecule has 1 atom stereocenters. The molecule has 0 spiro atoms. The lowest BCUT2D eigenvalue weighted by atomic mass is 10.1. The van der Waals surface area contributed by atoms with Gasteiger partial charge in [-0.1, -0.05) is 18.6 Å². The largest absolute Gasteiger partial charge is 0.395 e. The molecule has 3 heteroatoms. The van der Waals surface area contributed by atoms with Gasteiger partial charge in [0.2, 0.25) is 5.91 Å². The summed E-state index contributed by atoms with van der Waals surface area (Å²) in [5, 5.41) is 8.86. The lowest BCUT2D eigenvalue weighted by molar-refractivity contribution is -0.131. The summed E-state index contributed by atoms with van der Waals surface area (Å²) < 4.78 is 0. The molecule has 1 aliphatic rings. The summed E-state index contributed by atoms with van der Waals surface area (Å²) in [6.45, 7) is 6.14. The number of rotatable bonds is 2. The summed E-state index contributed by atoms with van der Waals surface area (Å²) in [5.41, 5.74) is 2.01. The van der Waals surface area contributed by atoms with Gasteiger partial charge in [-0.2, -0.15) is 0 Å². The molecule has 3 nitrogen and oxygen atoms in total. The van der Waals surface area contributed by atoms with E-state index in [-0.39, 0.29) is 18.4 Å². The number of nitrogens with zero attached hydrogens (tertiary/aromatic N) is 1. The number of hydrogen-bond acceptors (Lipinski definition) is 2. The summed E-state index contributed by atoms with van der Waals surface area (Å²) >= 11 is 0. The minimum Gasteiger partial charge on any atom is -0.395 e.